The Bertz CT molecular complexity index is 959. The van der Waals surface area contributed by atoms with E-state index in [-0.39, 0.29) is 13.1 Å². The minimum atomic E-state index is -1.20. The van der Waals surface area contributed by atoms with Crippen LogP contribution < -0.4 is 10.6 Å². The van der Waals surface area contributed by atoms with E-state index in [1.165, 1.54) is 17.4 Å². The van der Waals surface area contributed by atoms with Crippen LogP contribution >= 0.6 is 0 Å². The van der Waals surface area contributed by atoms with Gasteiger partial charge in [-0.05, 0) is 56.5 Å². The maximum atomic E-state index is 13.1. The number of carboxylic acid groups (broad SMARTS) is 1. The monoisotopic (exact) mass is 488 g/mol. The second-order valence-electron chi connectivity index (χ2n) is 8.82. The standard InChI is InChI=1S/C24H32N4O7/c1-15(26-22(32)18-5-3-16(4-6-18)17-7-9-25-10-8-17)23(33)28-12-11-27(14-20(29)30)24(34)19(28)13-21(31)35-2/h3-6,15,17,19,25H,7-14H2,1-2H3,(H,26,32)(H,29,30). The maximum absolute atomic E-state index is 13.1. The molecule has 3 N–H and O–H groups in total. The number of piperidine rings is 1. The van der Waals surface area contributed by atoms with Crippen molar-refractivity contribution in [2.75, 3.05) is 39.8 Å². The topological polar surface area (TPSA) is 145 Å². The summed E-state index contributed by atoms with van der Waals surface area (Å²) in [6.45, 7) is 2.95. The van der Waals surface area contributed by atoms with E-state index in [4.69, 9.17) is 5.11 Å². The number of carbonyl (C=O) groups is 5. The van der Waals surface area contributed by atoms with E-state index in [0.717, 1.165) is 37.9 Å². The van der Waals surface area contributed by atoms with E-state index < -0.39 is 54.7 Å². The fourth-order valence-corrected chi connectivity index (χ4v) is 4.51. The van der Waals surface area contributed by atoms with Gasteiger partial charge in [0, 0.05) is 18.7 Å². The van der Waals surface area contributed by atoms with Crippen molar-refractivity contribution >= 4 is 29.7 Å². The van der Waals surface area contributed by atoms with Crippen LogP contribution in [0, 0.1) is 0 Å². The van der Waals surface area contributed by atoms with E-state index in [9.17, 15) is 24.0 Å². The van der Waals surface area contributed by atoms with E-state index in [1.807, 2.05) is 12.1 Å². The molecule has 1 aromatic rings. The highest BCUT2D eigenvalue weighted by molar-refractivity contribution is 5.99. The normalized spacial score (nSPS) is 19.7. The Morgan fingerprint density at radius 2 is 1.80 bits per heavy atom. The third kappa shape index (κ3) is 6.56. The maximum Gasteiger partial charge on any atom is 0.323 e. The van der Waals surface area contributed by atoms with Gasteiger partial charge in [0.15, 0.2) is 0 Å². The smallest absolute Gasteiger partial charge is 0.323 e. The molecular formula is C24H32N4O7. The van der Waals surface area contributed by atoms with E-state index >= 15 is 0 Å². The Morgan fingerprint density at radius 1 is 1.14 bits per heavy atom. The van der Waals surface area contributed by atoms with Crippen molar-refractivity contribution in [2.45, 2.75) is 44.2 Å². The van der Waals surface area contributed by atoms with Crippen molar-refractivity contribution in [1.82, 2.24) is 20.4 Å². The van der Waals surface area contributed by atoms with Crippen molar-refractivity contribution in [3.8, 4) is 0 Å². The van der Waals surface area contributed by atoms with Crippen LogP contribution in [0.5, 0.6) is 0 Å². The van der Waals surface area contributed by atoms with Crippen molar-refractivity contribution in [3.05, 3.63) is 35.4 Å². The van der Waals surface area contributed by atoms with Crippen LogP contribution in [0.4, 0.5) is 0 Å². The van der Waals surface area contributed by atoms with Gasteiger partial charge in [0.05, 0.1) is 13.5 Å². The summed E-state index contributed by atoms with van der Waals surface area (Å²) in [6, 6.07) is 5.17. The summed E-state index contributed by atoms with van der Waals surface area (Å²) in [5, 5.41) is 15.0. The molecule has 3 rings (SSSR count). The van der Waals surface area contributed by atoms with E-state index in [2.05, 4.69) is 15.4 Å². The number of carbonyl (C=O) groups excluding carboxylic acids is 4. The van der Waals surface area contributed by atoms with E-state index in [0.29, 0.717) is 11.5 Å². The Balaban J connectivity index is 1.66. The number of methoxy groups -OCH3 is 1. The molecule has 0 aliphatic carbocycles. The summed E-state index contributed by atoms with van der Waals surface area (Å²) >= 11 is 0. The molecule has 2 aliphatic heterocycles. The Labute approximate surface area is 203 Å². The summed E-state index contributed by atoms with van der Waals surface area (Å²) in [4.78, 5) is 64.0. The number of rotatable bonds is 8. The molecule has 2 aliphatic rings. The number of ether oxygens (including phenoxy) is 1. The molecule has 11 nitrogen and oxygen atoms in total. The molecule has 0 radical (unpaired) electrons. The third-order valence-electron chi connectivity index (χ3n) is 6.48. The number of piperazine rings is 1. The average Bonchev–Trinajstić information content (AvgIpc) is 2.86. The van der Waals surface area contributed by atoms with E-state index in [1.54, 1.807) is 12.1 Å². The van der Waals surface area contributed by atoms with Gasteiger partial charge in [-0.3, -0.25) is 24.0 Å². The molecule has 190 valence electrons. The molecule has 2 atom stereocenters. The molecule has 2 unspecified atom stereocenters. The third-order valence-corrected chi connectivity index (χ3v) is 6.48. The zero-order chi connectivity index (χ0) is 25.5. The highest BCUT2D eigenvalue weighted by atomic mass is 16.5. The molecule has 0 saturated carbocycles. The number of aliphatic carboxylic acids is 1. The first-order valence-corrected chi connectivity index (χ1v) is 11.7. The Hall–Kier alpha value is -3.47. The number of carboxylic acids is 1. The Kier molecular flexibility index (Phi) is 8.80. The molecular weight excluding hydrogens is 456 g/mol. The number of hydrogen-bond acceptors (Lipinski definition) is 7. The molecule has 2 heterocycles. The molecule has 2 fully saturated rings. The minimum absolute atomic E-state index is 0.00730. The van der Waals surface area contributed by atoms with Crippen molar-refractivity contribution < 1.29 is 33.8 Å². The SMILES string of the molecule is COC(=O)CC1C(=O)N(CC(=O)O)CCN1C(=O)C(C)NC(=O)c1ccc(C2CCNCC2)cc1. The summed E-state index contributed by atoms with van der Waals surface area (Å²) < 4.78 is 4.64. The van der Waals surface area contributed by atoms with Crippen LogP contribution in [-0.4, -0.2) is 96.5 Å². The first-order chi connectivity index (χ1) is 16.7. The predicted molar refractivity (Wildman–Crippen MR) is 125 cm³/mol. The molecule has 35 heavy (non-hydrogen) atoms. The van der Waals surface area contributed by atoms with Gasteiger partial charge >= 0.3 is 11.9 Å². The van der Waals surface area contributed by atoms with Gasteiger partial charge in [-0.1, -0.05) is 12.1 Å². The molecule has 1 aromatic carbocycles. The number of amides is 3. The van der Waals surface area contributed by atoms with Gasteiger partial charge in [0.1, 0.15) is 18.6 Å². The zero-order valence-corrected chi connectivity index (χ0v) is 20.0. The van der Waals surface area contributed by atoms with Gasteiger partial charge in [0.2, 0.25) is 11.8 Å². The fraction of sp³-hybridized carbons (Fsp3) is 0.542. The van der Waals surface area contributed by atoms with Crippen LogP contribution in [0.15, 0.2) is 24.3 Å². The lowest BCUT2D eigenvalue weighted by molar-refractivity contribution is -0.159. The first kappa shape index (κ1) is 26.1. The summed E-state index contributed by atoms with van der Waals surface area (Å²) in [5.74, 6) is -3.06. The lowest BCUT2D eigenvalue weighted by atomic mass is 9.90. The average molecular weight is 489 g/mol. The summed E-state index contributed by atoms with van der Waals surface area (Å²) in [5.41, 5.74) is 1.59. The first-order valence-electron chi connectivity index (χ1n) is 11.7. The molecule has 0 bridgehead atoms. The predicted octanol–water partition coefficient (Wildman–Crippen LogP) is -0.0410. The van der Waals surface area contributed by atoms with Crippen LogP contribution in [0.2, 0.25) is 0 Å². The summed E-state index contributed by atoms with van der Waals surface area (Å²) in [6.07, 6.45) is 1.68. The number of nitrogens with zero attached hydrogens (tertiary/aromatic N) is 2. The largest absolute Gasteiger partial charge is 0.480 e. The second-order valence-corrected chi connectivity index (χ2v) is 8.82. The van der Waals surface area contributed by atoms with Gasteiger partial charge in [-0.15, -0.1) is 0 Å². The molecule has 2 saturated heterocycles. The van der Waals surface area contributed by atoms with Crippen molar-refractivity contribution in [1.29, 1.82) is 0 Å². The Morgan fingerprint density at radius 3 is 2.40 bits per heavy atom. The minimum Gasteiger partial charge on any atom is -0.480 e. The highest BCUT2D eigenvalue weighted by Gasteiger charge is 2.41. The molecule has 0 spiro atoms. The van der Waals surface area contributed by atoms with Crippen LogP contribution in [0.1, 0.15) is 48.0 Å². The lowest BCUT2D eigenvalue weighted by Gasteiger charge is -2.40. The number of benzene rings is 1. The molecule has 0 aromatic heterocycles. The highest BCUT2D eigenvalue weighted by Crippen LogP contribution is 2.25. The second kappa shape index (κ2) is 11.8. The van der Waals surface area contributed by atoms with Gasteiger partial charge in [-0.2, -0.15) is 0 Å². The van der Waals surface area contributed by atoms with Gasteiger partial charge in [-0.25, -0.2) is 0 Å². The fourth-order valence-electron chi connectivity index (χ4n) is 4.51. The zero-order valence-electron chi connectivity index (χ0n) is 20.0. The number of hydrogen-bond donors (Lipinski definition) is 3. The molecule has 3 amide bonds. The van der Waals surface area contributed by atoms with Crippen molar-refractivity contribution in [2.24, 2.45) is 0 Å². The van der Waals surface area contributed by atoms with Gasteiger partial charge in [0.25, 0.3) is 5.91 Å². The summed E-state index contributed by atoms with van der Waals surface area (Å²) in [7, 11) is 1.16. The lowest BCUT2D eigenvalue weighted by Crippen LogP contribution is -2.62. The van der Waals surface area contributed by atoms with Crippen molar-refractivity contribution in [3.63, 3.8) is 0 Å². The van der Waals surface area contributed by atoms with Crippen LogP contribution in [0.25, 0.3) is 0 Å². The van der Waals surface area contributed by atoms with Crippen LogP contribution in [0.3, 0.4) is 0 Å². The number of esters is 1. The van der Waals surface area contributed by atoms with Crippen LogP contribution in [-0.2, 0) is 23.9 Å². The van der Waals surface area contributed by atoms with Gasteiger partial charge < -0.3 is 30.3 Å². The molecule has 11 heteroatoms. The quantitative estimate of drug-likeness (QED) is 0.432. The number of nitrogens with one attached hydrogen (secondary N) is 2.